The number of aryl methyl sites for hydroxylation is 2. The Hall–Kier alpha value is -2.58. The maximum atomic E-state index is 12.4. The van der Waals surface area contributed by atoms with E-state index in [-0.39, 0.29) is 12.5 Å². The fourth-order valence-corrected chi connectivity index (χ4v) is 3.81. The van der Waals surface area contributed by atoms with Crippen LogP contribution in [-0.2, 0) is 11.3 Å². The maximum absolute atomic E-state index is 12.4. The van der Waals surface area contributed by atoms with E-state index in [2.05, 4.69) is 15.4 Å². The van der Waals surface area contributed by atoms with Crippen LogP contribution in [0.5, 0.6) is 11.5 Å². The van der Waals surface area contributed by atoms with Gasteiger partial charge >= 0.3 is 0 Å². The van der Waals surface area contributed by atoms with Crippen LogP contribution < -0.4 is 14.8 Å². The average molecular weight is 421 g/mol. The van der Waals surface area contributed by atoms with Crippen LogP contribution in [0.4, 0.5) is 5.13 Å². The lowest BCUT2D eigenvalue weighted by molar-refractivity contribution is -0.116. The minimum Gasteiger partial charge on any atom is -0.493 e. The lowest BCUT2D eigenvalue weighted by Crippen LogP contribution is -2.20. The van der Waals surface area contributed by atoms with Crippen LogP contribution in [0.2, 0.25) is 5.02 Å². The smallest absolute Gasteiger partial charge is 0.247 e. The third kappa shape index (κ3) is 3.98. The summed E-state index contributed by atoms with van der Waals surface area (Å²) < 4.78 is 12.2. The molecule has 0 fully saturated rings. The Balaban J connectivity index is 1.78. The summed E-state index contributed by atoms with van der Waals surface area (Å²) in [6.45, 7) is 5.67. The fourth-order valence-electron chi connectivity index (χ4n) is 2.83. The maximum Gasteiger partial charge on any atom is 0.247 e. The summed E-state index contributed by atoms with van der Waals surface area (Å²) in [5, 5.41) is 8.22. The zero-order valence-corrected chi connectivity index (χ0v) is 17.9. The predicted molar refractivity (Wildman–Crippen MR) is 111 cm³/mol. The molecule has 0 bridgehead atoms. The van der Waals surface area contributed by atoms with Crippen molar-refractivity contribution in [3.8, 4) is 22.8 Å². The topological polar surface area (TPSA) is 78.3 Å². The first kappa shape index (κ1) is 20.2. The van der Waals surface area contributed by atoms with Gasteiger partial charge in [-0.25, -0.2) is 4.98 Å². The minimum atomic E-state index is -0.213. The van der Waals surface area contributed by atoms with Gasteiger partial charge < -0.3 is 14.8 Å². The van der Waals surface area contributed by atoms with Crippen LogP contribution in [0.15, 0.2) is 18.2 Å². The Labute approximate surface area is 172 Å². The molecule has 1 N–H and O–H groups in total. The second-order valence-corrected chi connectivity index (χ2v) is 7.77. The van der Waals surface area contributed by atoms with Gasteiger partial charge in [0.1, 0.15) is 6.54 Å². The Bertz CT molecular complexity index is 1030. The van der Waals surface area contributed by atoms with Gasteiger partial charge in [-0.15, -0.1) is 11.3 Å². The minimum absolute atomic E-state index is 0.0731. The number of carbonyl (C=O) groups is 1. The number of aromatic nitrogens is 3. The molecule has 0 spiro atoms. The molecule has 2 heterocycles. The van der Waals surface area contributed by atoms with E-state index >= 15 is 0 Å². The molecule has 3 aromatic rings. The van der Waals surface area contributed by atoms with E-state index in [4.69, 9.17) is 21.1 Å². The highest BCUT2D eigenvalue weighted by Gasteiger charge is 2.16. The third-order valence-electron chi connectivity index (χ3n) is 4.29. The quantitative estimate of drug-likeness (QED) is 0.645. The number of rotatable bonds is 6. The first-order chi connectivity index (χ1) is 13.3. The summed E-state index contributed by atoms with van der Waals surface area (Å²) in [6.07, 6.45) is 0. The highest BCUT2D eigenvalue weighted by molar-refractivity contribution is 7.16. The Morgan fingerprint density at radius 1 is 1.21 bits per heavy atom. The van der Waals surface area contributed by atoms with E-state index in [0.717, 1.165) is 21.8 Å². The largest absolute Gasteiger partial charge is 0.493 e. The summed E-state index contributed by atoms with van der Waals surface area (Å²) >= 11 is 7.55. The van der Waals surface area contributed by atoms with E-state index in [9.17, 15) is 4.79 Å². The standard InChI is InChI=1S/C19H21ClN4O3S/c1-10-17(20)11(2)24(23-10)9-16(25)21-19-22-18(12(3)28-19)13-6-7-14(26-4)15(8-13)27-5/h6-8H,9H2,1-5H3,(H,21,22,25). The summed E-state index contributed by atoms with van der Waals surface area (Å²) in [5.74, 6) is 1.06. The van der Waals surface area contributed by atoms with Crippen molar-refractivity contribution in [2.24, 2.45) is 0 Å². The molecule has 1 amide bonds. The summed E-state index contributed by atoms with van der Waals surface area (Å²) in [4.78, 5) is 18.0. The molecular formula is C19H21ClN4O3S. The average Bonchev–Trinajstić information content (AvgIpc) is 3.15. The second-order valence-electron chi connectivity index (χ2n) is 6.18. The van der Waals surface area contributed by atoms with Gasteiger partial charge in [-0.3, -0.25) is 9.48 Å². The monoisotopic (exact) mass is 420 g/mol. The van der Waals surface area contributed by atoms with Crippen molar-refractivity contribution >= 4 is 34.0 Å². The van der Waals surface area contributed by atoms with Gasteiger partial charge in [-0.2, -0.15) is 5.10 Å². The number of hydrogen-bond acceptors (Lipinski definition) is 6. The number of nitrogens with one attached hydrogen (secondary N) is 1. The Kier molecular flexibility index (Phi) is 5.90. The van der Waals surface area contributed by atoms with Crippen LogP contribution in [0, 0.1) is 20.8 Å². The second kappa shape index (κ2) is 8.20. The van der Waals surface area contributed by atoms with Gasteiger partial charge in [0, 0.05) is 10.4 Å². The molecule has 148 valence electrons. The molecule has 28 heavy (non-hydrogen) atoms. The van der Waals surface area contributed by atoms with Crippen LogP contribution in [0.25, 0.3) is 11.3 Å². The Morgan fingerprint density at radius 2 is 1.93 bits per heavy atom. The van der Waals surface area contributed by atoms with Gasteiger partial charge in [-0.05, 0) is 39.0 Å². The van der Waals surface area contributed by atoms with Crippen LogP contribution in [-0.4, -0.2) is 34.9 Å². The molecular weight excluding hydrogens is 400 g/mol. The summed E-state index contributed by atoms with van der Waals surface area (Å²) in [6, 6.07) is 5.61. The van der Waals surface area contributed by atoms with E-state index in [1.54, 1.807) is 18.9 Å². The molecule has 0 saturated carbocycles. The van der Waals surface area contributed by atoms with Gasteiger partial charge in [0.15, 0.2) is 16.6 Å². The van der Waals surface area contributed by atoms with Crippen molar-refractivity contribution in [3.63, 3.8) is 0 Å². The number of hydrogen-bond donors (Lipinski definition) is 1. The number of benzene rings is 1. The molecule has 2 aromatic heterocycles. The molecule has 0 radical (unpaired) electrons. The number of carbonyl (C=O) groups excluding carboxylic acids is 1. The van der Waals surface area contributed by atoms with Crippen molar-refractivity contribution in [2.75, 3.05) is 19.5 Å². The molecule has 0 aliphatic rings. The number of nitrogens with zero attached hydrogens (tertiary/aromatic N) is 3. The third-order valence-corrected chi connectivity index (χ3v) is 5.72. The van der Waals surface area contributed by atoms with Crippen molar-refractivity contribution in [1.29, 1.82) is 0 Å². The van der Waals surface area contributed by atoms with Crippen LogP contribution >= 0.6 is 22.9 Å². The van der Waals surface area contributed by atoms with E-state index in [0.29, 0.717) is 27.3 Å². The fraction of sp³-hybridized carbons (Fsp3) is 0.316. The van der Waals surface area contributed by atoms with E-state index < -0.39 is 0 Å². The zero-order valence-electron chi connectivity index (χ0n) is 16.3. The molecule has 3 rings (SSSR count). The van der Waals surface area contributed by atoms with E-state index in [1.165, 1.54) is 11.3 Å². The van der Waals surface area contributed by atoms with Crippen molar-refractivity contribution < 1.29 is 14.3 Å². The predicted octanol–water partition coefficient (Wildman–Crippen LogP) is 4.24. The summed E-state index contributed by atoms with van der Waals surface area (Å²) in [5.41, 5.74) is 3.14. The van der Waals surface area contributed by atoms with Gasteiger partial charge in [0.05, 0.1) is 36.3 Å². The summed E-state index contributed by atoms with van der Waals surface area (Å²) in [7, 11) is 3.18. The number of amides is 1. The molecule has 0 saturated heterocycles. The molecule has 0 aliphatic heterocycles. The molecule has 0 atom stereocenters. The van der Waals surface area contributed by atoms with Crippen molar-refractivity contribution in [3.05, 3.63) is 39.5 Å². The zero-order chi connectivity index (χ0) is 20.4. The number of ether oxygens (including phenoxy) is 2. The van der Waals surface area contributed by atoms with Crippen molar-refractivity contribution in [1.82, 2.24) is 14.8 Å². The SMILES string of the molecule is COc1ccc(-c2nc(NC(=O)Cn3nc(C)c(Cl)c3C)sc2C)cc1OC. The molecule has 7 nitrogen and oxygen atoms in total. The number of thiazole rings is 1. The number of methoxy groups -OCH3 is 2. The van der Waals surface area contributed by atoms with Gasteiger partial charge in [0.25, 0.3) is 0 Å². The Morgan fingerprint density at radius 3 is 2.54 bits per heavy atom. The van der Waals surface area contributed by atoms with E-state index in [1.807, 2.05) is 39.0 Å². The van der Waals surface area contributed by atoms with Gasteiger partial charge in [-0.1, -0.05) is 11.6 Å². The number of anilines is 1. The molecule has 0 aliphatic carbocycles. The molecule has 0 unspecified atom stereocenters. The van der Waals surface area contributed by atoms with Crippen LogP contribution in [0.1, 0.15) is 16.3 Å². The molecule has 9 heteroatoms. The number of halogens is 1. The lowest BCUT2D eigenvalue weighted by atomic mass is 10.1. The lowest BCUT2D eigenvalue weighted by Gasteiger charge is -2.08. The van der Waals surface area contributed by atoms with Crippen molar-refractivity contribution in [2.45, 2.75) is 27.3 Å². The first-order valence-electron chi connectivity index (χ1n) is 8.53. The van der Waals surface area contributed by atoms with Gasteiger partial charge in [0.2, 0.25) is 5.91 Å². The molecule has 1 aromatic carbocycles. The van der Waals surface area contributed by atoms with Crippen LogP contribution in [0.3, 0.4) is 0 Å². The normalized spacial score (nSPS) is 10.8. The highest BCUT2D eigenvalue weighted by atomic mass is 35.5. The first-order valence-corrected chi connectivity index (χ1v) is 9.72. The highest BCUT2D eigenvalue weighted by Crippen LogP contribution is 2.36.